The van der Waals surface area contributed by atoms with Gasteiger partial charge in [-0.25, -0.2) is 13.6 Å². The Kier molecular flexibility index (Phi) is 1.85. The molecule has 16 heavy (non-hydrogen) atoms. The summed E-state index contributed by atoms with van der Waals surface area (Å²) in [7, 11) is -3.69. The fourth-order valence-corrected chi connectivity index (χ4v) is 3.11. The number of aromatic nitrogens is 2. The van der Waals surface area contributed by atoms with Crippen LogP contribution in [0.3, 0.4) is 0 Å². The molecule has 3 N–H and O–H groups in total. The second-order valence-electron chi connectivity index (χ2n) is 3.42. The van der Waals surface area contributed by atoms with E-state index in [9.17, 15) is 8.42 Å². The number of H-pyrrole nitrogens is 1. The summed E-state index contributed by atoms with van der Waals surface area (Å²) in [6, 6.07) is 3.59. The van der Waals surface area contributed by atoms with Crippen molar-refractivity contribution in [2.75, 3.05) is 0 Å². The van der Waals surface area contributed by atoms with Gasteiger partial charge in [0.15, 0.2) is 0 Å². The summed E-state index contributed by atoms with van der Waals surface area (Å²) in [4.78, 5) is 3.05. The van der Waals surface area contributed by atoms with Crippen LogP contribution < -0.4 is 5.14 Å². The summed E-state index contributed by atoms with van der Waals surface area (Å²) in [6.07, 6.45) is 3.13. The predicted molar refractivity (Wildman–Crippen MR) is 62.8 cm³/mol. The molecule has 0 atom stereocenters. The lowest BCUT2D eigenvalue weighted by Crippen LogP contribution is -2.11. The molecule has 0 saturated carbocycles. The van der Waals surface area contributed by atoms with Crippen LogP contribution in [-0.2, 0) is 10.0 Å². The quantitative estimate of drug-likeness (QED) is 0.687. The van der Waals surface area contributed by atoms with Crippen molar-refractivity contribution in [1.29, 1.82) is 0 Å². The SMILES string of the molecule is NS(=O)(=O)c1c[nH]c2c1ccc1sncc12. The lowest BCUT2D eigenvalue weighted by atomic mass is 10.2. The molecule has 5 nitrogen and oxygen atoms in total. The molecule has 2 aromatic heterocycles. The minimum atomic E-state index is -3.69. The van der Waals surface area contributed by atoms with E-state index in [1.165, 1.54) is 17.7 Å². The largest absolute Gasteiger partial charge is 0.359 e. The smallest absolute Gasteiger partial charge is 0.240 e. The minimum Gasteiger partial charge on any atom is -0.359 e. The number of hydrogen-bond donors (Lipinski definition) is 2. The van der Waals surface area contributed by atoms with Crippen molar-refractivity contribution in [3.05, 3.63) is 24.5 Å². The lowest BCUT2D eigenvalue weighted by molar-refractivity contribution is 0.598. The Bertz CT molecular complexity index is 785. The Balaban J connectivity index is 2.53. The number of rotatable bonds is 1. The number of hydrogen-bond acceptors (Lipinski definition) is 4. The van der Waals surface area contributed by atoms with E-state index in [0.29, 0.717) is 5.39 Å². The number of nitrogens with zero attached hydrogens (tertiary/aromatic N) is 1. The molecular weight excluding hydrogens is 246 g/mol. The highest BCUT2D eigenvalue weighted by atomic mass is 32.2. The van der Waals surface area contributed by atoms with Crippen molar-refractivity contribution >= 4 is 42.5 Å². The summed E-state index contributed by atoms with van der Waals surface area (Å²) in [5.41, 5.74) is 0.760. The second kappa shape index (κ2) is 3.03. The Morgan fingerprint density at radius 1 is 1.31 bits per heavy atom. The average molecular weight is 253 g/mol. The summed E-state index contributed by atoms with van der Waals surface area (Å²) < 4.78 is 27.7. The van der Waals surface area contributed by atoms with Gasteiger partial charge in [-0.1, -0.05) is 0 Å². The average Bonchev–Trinajstić information content (AvgIpc) is 2.81. The Labute approximate surface area is 95.1 Å². The number of sulfonamides is 1. The fraction of sp³-hybridized carbons (Fsp3) is 0. The monoisotopic (exact) mass is 253 g/mol. The van der Waals surface area contributed by atoms with Crippen LogP contribution in [0.5, 0.6) is 0 Å². The molecule has 0 spiro atoms. The van der Waals surface area contributed by atoms with Gasteiger partial charge in [-0.05, 0) is 23.7 Å². The first kappa shape index (κ1) is 9.76. The number of nitrogens with one attached hydrogen (secondary N) is 1. The van der Waals surface area contributed by atoms with Crippen LogP contribution >= 0.6 is 11.5 Å². The lowest BCUT2D eigenvalue weighted by Gasteiger charge is -1.95. The molecular formula is C9H7N3O2S2. The Morgan fingerprint density at radius 3 is 2.88 bits per heavy atom. The van der Waals surface area contributed by atoms with E-state index in [0.717, 1.165) is 15.6 Å². The molecule has 3 aromatic rings. The first-order valence-corrected chi connectivity index (χ1v) is 6.76. The van der Waals surface area contributed by atoms with Crippen LogP contribution in [0.2, 0.25) is 0 Å². The second-order valence-corrected chi connectivity index (χ2v) is 5.79. The summed E-state index contributed by atoms with van der Waals surface area (Å²) in [5.74, 6) is 0. The van der Waals surface area contributed by atoms with Crippen LogP contribution in [0, 0.1) is 0 Å². The van der Waals surface area contributed by atoms with Gasteiger partial charge >= 0.3 is 0 Å². The van der Waals surface area contributed by atoms with Gasteiger partial charge in [-0.3, -0.25) is 0 Å². The van der Waals surface area contributed by atoms with Gasteiger partial charge in [0.2, 0.25) is 10.0 Å². The molecule has 82 valence electrons. The molecule has 2 heterocycles. The van der Waals surface area contributed by atoms with E-state index in [1.807, 2.05) is 6.07 Å². The van der Waals surface area contributed by atoms with Gasteiger partial charge in [-0.2, -0.15) is 4.37 Å². The highest BCUT2D eigenvalue weighted by Crippen LogP contribution is 2.30. The van der Waals surface area contributed by atoms with Gasteiger partial charge in [0.25, 0.3) is 0 Å². The zero-order valence-electron chi connectivity index (χ0n) is 7.97. The van der Waals surface area contributed by atoms with E-state index in [1.54, 1.807) is 12.3 Å². The maximum Gasteiger partial charge on any atom is 0.240 e. The van der Waals surface area contributed by atoms with Crippen LogP contribution in [0.1, 0.15) is 0 Å². The first-order valence-electron chi connectivity index (χ1n) is 4.44. The molecule has 0 unspecified atom stereocenters. The standard InChI is InChI=1S/C9H7N3O2S2/c10-16(13,14)8-4-11-9-5(8)1-2-7-6(9)3-12-15-7/h1-4,11H,(H2,10,13,14). The number of aromatic amines is 1. The van der Waals surface area contributed by atoms with Crippen molar-refractivity contribution in [1.82, 2.24) is 9.36 Å². The van der Waals surface area contributed by atoms with Gasteiger partial charge in [0.1, 0.15) is 4.90 Å². The van der Waals surface area contributed by atoms with Crippen LogP contribution in [0.4, 0.5) is 0 Å². The third-order valence-electron chi connectivity index (χ3n) is 2.46. The van der Waals surface area contributed by atoms with E-state index < -0.39 is 10.0 Å². The molecule has 0 aliphatic carbocycles. The zero-order valence-corrected chi connectivity index (χ0v) is 9.60. The number of fused-ring (bicyclic) bond motifs is 3. The molecule has 0 aliphatic heterocycles. The van der Waals surface area contributed by atoms with Crippen molar-refractivity contribution in [3.8, 4) is 0 Å². The van der Waals surface area contributed by atoms with Gasteiger partial charge in [0, 0.05) is 17.0 Å². The van der Waals surface area contributed by atoms with E-state index in [4.69, 9.17) is 5.14 Å². The number of primary sulfonamides is 1. The van der Waals surface area contributed by atoms with E-state index in [2.05, 4.69) is 9.36 Å². The molecule has 0 aliphatic rings. The molecule has 0 saturated heterocycles. The summed E-state index contributed by atoms with van der Waals surface area (Å²) >= 11 is 1.37. The minimum absolute atomic E-state index is 0.121. The molecule has 3 rings (SSSR count). The summed E-state index contributed by atoms with van der Waals surface area (Å²) in [5, 5.41) is 6.65. The van der Waals surface area contributed by atoms with Crippen LogP contribution in [0.15, 0.2) is 29.4 Å². The topological polar surface area (TPSA) is 88.8 Å². The maximum absolute atomic E-state index is 11.3. The summed E-state index contributed by atoms with van der Waals surface area (Å²) in [6.45, 7) is 0. The molecule has 0 bridgehead atoms. The highest BCUT2D eigenvalue weighted by Gasteiger charge is 2.15. The van der Waals surface area contributed by atoms with Gasteiger partial charge in [0.05, 0.1) is 16.4 Å². The molecule has 7 heteroatoms. The molecule has 0 amide bonds. The van der Waals surface area contributed by atoms with E-state index >= 15 is 0 Å². The van der Waals surface area contributed by atoms with Crippen molar-refractivity contribution in [2.45, 2.75) is 4.90 Å². The number of benzene rings is 1. The zero-order chi connectivity index (χ0) is 11.3. The fourth-order valence-electron chi connectivity index (χ4n) is 1.76. The third-order valence-corrected chi connectivity index (χ3v) is 4.17. The molecule has 0 radical (unpaired) electrons. The Hall–Kier alpha value is -1.44. The van der Waals surface area contributed by atoms with Gasteiger partial charge in [-0.15, -0.1) is 0 Å². The molecule has 0 fully saturated rings. The van der Waals surface area contributed by atoms with Crippen molar-refractivity contribution < 1.29 is 8.42 Å². The van der Waals surface area contributed by atoms with Crippen molar-refractivity contribution in [2.24, 2.45) is 5.14 Å². The third kappa shape index (κ3) is 1.26. The first-order chi connectivity index (χ1) is 7.57. The van der Waals surface area contributed by atoms with Gasteiger partial charge < -0.3 is 4.98 Å². The van der Waals surface area contributed by atoms with Crippen LogP contribution in [-0.4, -0.2) is 17.8 Å². The van der Waals surface area contributed by atoms with Crippen molar-refractivity contribution in [3.63, 3.8) is 0 Å². The van der Waals surface area contributed by atoms with Crippen LogP contribution in [0.25, 0.3) is 21.0 Å². The predicted octanol–water partition coefficient (Wildman–Crippen LogP) is 1.43. The number of nitrogens with two attached hydrogens (primary N) is 1. The van der Waals surface area contributed by atoms with E-state index in [-0.39, 0.29) is 4.90 Å². The maximum atomic E-state index is 11.3. The molecule has 1 aromatic carbocycles. The normalized spacial score (nSPS) is 12.6. The Morgan fingerprint density at radius 2 is 2.12 bits per heavy atom. The highest BCUT2D eigenvalue weighted by molar-refractivity contribution is 7.89.